The van der Waals surface area contributed by atoms with E-state index in [0.717, 1.165) is 35.2 Å². The van der Waals surface area contributed by atoms with Crippen molar-refractivity contribution in [1.29, 1.82) is 0 Å². The van der Waals surface area contributed by atoms with Gasteiger partial charge < -0.3 is 10.6 Å². The van der Waals surface area contributed by atoms with Crippen LogP contribution in [0.15, 0.2) is 42.5 Å². The summed E-state index contributed by atoms with van der Waals surface area (Å²) in [6.45, 7) is 6.00. The van der Waals surface area contributed by atoms with Gasteiger partial charge in [0.2, 0.25) is 5.91 Å². The summed E-state index contributed by atoms with van der Waals surface area (Å²) in [5.41, 5.74) is 4.65. The fourth-order valence-corrected chi connectivity index (χ4v) is 2.64. The Balaban J connectivity index is 2.00. The van der Waals surface area contributed by atoms with E-state index >= 15 is 0 Å². The van der Waals surface area contributed by atoms with Gasteiger partial charge in [-0.15, -0.1) is 0 Å². The maximum absolute atomic E-state index is 12.2. The van der Waals surface area contributed by atoms with Gasteiger partial charge in [0.1, 0.15) is 0 Å². The molecule has 4 nitrogen and oxygen atoms in total. The van der Waals surface area contributed by atoms with Crippen molar-refractivity contribution in [2.24, 2.45) is 0 Å². The molecule has 0 saturated heterocycles. The lowest BCUT2D eigenvalue weighted by Crippen LogP contribution is -2.33. The molecule has 24 heavy (non-hydrogen) atoms. The normalized spacial score (nSPS) is 10.3. The highest BCUT2D eigenvalue weighted by Gasteiger charge is 2.12. The number of para-hydroxylation sites is 1. The summed E-state index contributed by atoms with van der Waals surface area (Å²) in [4.78, 5) is 24.3. The molecule has 0 atom stereocenters. The van der Waals surface area contributed by atoms with E-state index in [9.17, 15) is 9.59 Å². The topological polar surface area (TPSA) is 58.2 Å². The van der Waals surface area contributed by atoms with Crippen LogP contribution in [0.4, 0.5) is 5.69 Å². The molecule has 0 radical (unpaired) electrons. The minimum absolute atomic E-state index is 0.0476. The van der Waals surface area contributed by atoms with Crippen molar-refractivity contribution in [2.75, 3.05) is 11.9 Å². The van der Waals surface area contributed by atoms with Crippen LogP contribution in [0.3, 0.4) is 0 Å². The summed E-state index contributed by atoms with van der Waals surface area (Å²) in [6.07, 6.45) is 1.69. The molecule has 0 aromatic heterocycles. The van der Waals surface area contributed by atoms with E-state index in [4.69, 9.17) is 0 Å². The van der Waals surface area contributed by atoms with Crippen LogP contribution in [0.25, 0.3) is 0 Å². The van der Waals surface area contributed by atoms with Gasteiger partial charge in [-0.25, -0.2) is 0 Å². The molecule has 0 saturated carbocycles. The molecular weight excluding hydrogens is 300 g/mol. The Morgan fingerprint density at radius 3 is 2.17 bits per heavy atom. The van der Waals surface area contributed by atoms with Gasteiger partial charge in [-0.1, -0.05) is 49.7 Å². The first-order valence-electron chi connectivity index (χ1n) is 8.30. The molecule has 0 heterocycles. The zero-order chi connectivity index (χ0) is 17.5. The highest BCUT2D eigenvalue weighted by atomic mass is 16.2. The fourth-order valence-electron chi connectivity index (χ4n) is 2.64. The Morgan fingerprint density at radius 2 is 1.58 bits per heavy atom. The van der Waals surface area contributed by atoms with Crippen molar-refractivity contribution in [3.63, 3.8) is 0 Å². The number of carbonyl (C=O) groups excluding carboxylic acids is 2. The van der Waals surface area contributed by atoms with Crippen LogP contribution in [0.5, 0.6) is 0 Å². The van der Waals surface area contributed by atoms with Crippen LogP contribution in [0.1, 0.15) is 40.9 Å². The summed E-state index contributed by atoms with van der Waals surface area (Å²) >= 11 is 0. The number of rotatable bonds is 6. The fraction of sp³-hybridized carbons (Fsp3) is 0.300. The number of benzene rings is 2. The quantitative estimate of drug-likeness (QED) is 0.854. The van der Waals surface area contributed by atoms with Gasteiger partial charge in [0.05, 0.1) is 6.54 Å². The molecule has 2 amide bonds. The molecule has 0 unspecified atom stereocenters. The Morgan fingerprint density at radius 1 is 0.958 bits per heavy atom. The molecule has 0 bridgehead atoms. The summed E-state index contributed by atoms with van der Waals surface area (Å²) in [7, 11) is 0. The molecule has 0 aliphatic heterocycles. The van der Waals surface area contributed by atoms with E-state index < -0.39 is 0 Å². The van der Waals surface area contributed by atoms with Gasteiger partial charge in [0.15, 0.2) is 0 Å². The van der Waals surface area contributed by atoms with Crippen molar-refractivity contribution >= 4 is 17.5 Å². The Hall–Kier alpha value is -2.62. The van der Waals surface area contributed by atoms with E-state index in [0.29, 0.717) is 5.56 Å². The standard InChI is InChI=1S/C20H24N2O2/c1-4-15-9-7-10-16(5-2)19(15)22-18(23)13-21-20(24)17-11-6-8-14(3)12-17/h6-12H,4-5,13H2,1-3H3,(H,21,24)(H,22,23). The first-order valence-corrected chi connectivity index (χ1v) is 8.30. The summed E-state index contributed by atoms with van der Waals surface area (Å²) in [5.74, 6) is -0.458. The number of amides is 2. The Labute approximate surface area is 143 Å². The number of carbonyl (C=O) groups is 2. The minimum atomic E-state index is -0.242. The molecule has 0 spiro atoms. The van der Waals surface area contributed by atoms with Crippen molar-refractivity contribution < 1.29 is 9.59 Å². The largest absolute Gasteiger partial charge is 0.343 e. The van der Waals surface area contributed by atoms with Crippen LogP contribution in [-0.2, 0) is 17.6 Å². The number of nitrogens with one attached hydrogen (secondary N) is 2. The lowest BCUT2D eigenvalue weighted by Gasteiger charge is -2.14. The predicted octanol–water partition coefficient (Wildman–Crippen LogP) is 3.49. The molecule has 2 aromatic rings. The monoisotopic (exact) mass is 324 g/mol. The predicted molar refractivity (Wildman–Crippen MR) is 97.3 cm³/mol. The molecule has 126 valence electrons. The maximum Gasteiger partial charge on any atom is 0.251 e. The molecule has 0 fully saturated rings. The maximum atomic E-state index is 12.2. The van der Waals surface area contributed by atoms with Crippen molar-refractivity contribution in [2.45, 2.75) is 33.6 Å². The lowest BCUT2D eigenvalue weighted by molar-refractivity contribution is -0.115. The average Bonchev–Trinajstić information content (AvgIpc) is 2.59. The van der Waals surface area contributed by atoms with Gasteiger partial charge in [-0.3, -0.25) is 9.59 Å². The molecule has 2 rings (SSSR count). The first-order chi connectivity index (χ1) is 11.5. The van der Waals surface area contributed by atoms with Gasteiger partial charge in [-0.2, -0.15) is 0 Å². The number of hydrogen-bond donors (Lipinski definition) is 2. The van der Waals surface area contributed by atoms with Crippen LogP contribution >= 0.6 is 0 Å². The first kappa shape index (κ1) is 17.7. The van der Waals surface area contributed by atoms with Gasteiger partial charge in [0, 0.05) is 11.3 Å². The van der Waals surface area contributed by atoms with Crippen LogP contribution in [0.2, 0.25) is 0 Å². The zero-order valence-corrected chi connectivity index (χ0v) is 14.5. The SMILES string of the molecule is CCc1cccc(CC)c1NC(=O)CNC(=O)c1cccc(C)c1. The number of anilines is 1. The number of hydrogen-bond acceptors (Lipinski definition) is 2. The molecule has 4 heteroatoms. The smallest absolute Gasteiger partial charge is 0.251 e. The van der Waals surface area contributed by atoms with Crippen LogP contribution in [0, 0.1) is 6.92 Å². The van der Waals surface area contributed by atoms with Crippen molar-refractivity contribution in [1.82, 2.24) is 5.32 Å². The van der Waals surface area contributed by atoms with E-state index in [1.807, 2.05) is 37.3 Å². The third-order valence-corrected chi connectivity index (χ3v) is 3.95. The van der Waals surface area contributed by atoms with Gasteiger partial charge in [0.25, 0.3) is 5.91 Å². The number of aryl methyl sites for hydroxylation is 3. The third kappa shape index (κ3) is 4.44. The highest BCUT2D eigenvalue weighted by molar-refractivity contribution is 5.99. The zero-order valence-electron chi connectivity index (χ0n) is 14.5. The van der Waals surface area contributed by atoms with E-state index in [1.165, 1.54) is 0 Å². The average molecular weight is 324 g/mol. The summed E-state index contributed by atoms with van der Waals surface area (Å²) < 4.78 is 0. The summed E-state index contributed by atoms with van der Waals surface area (Å²) in [6, 6.07) is 13.3. The van der Waals surface area contributed by atoms with Crippen LogP contribution < -0.4 is 10.6 Å². The second-order valence-electron chi connectivity index (χ2n) is 5.76. The Kier molecular flexibility index (Phi) is 6.13. The molecule has 2 N–H and O–H groups in total. The molecule has 0 aliphatic rings. The van der Waals surface area contributed by atoms with E-state index in [-0.39, 0.29) is 18.4 Å². The van der Waals surface area contributed by atoms with E-state index in [2.05, 4.69) is 24.5 Å². The third-order valence-electron chi connectivity index (χ3n) is 3.95. The van der Waals surface area contributed by atoms with Gasteiger partial charge >= 0.3 is 0 Å². The second kappa shape index (κ2) is 8.29. The van der Waals surface area contributed by atoms with Crippen molar-refractivity contribution in [3.05, 3.63) is 64.7 Å². The summed E-state index contributed by atoms with van der Waals surface area (Å²) in [5, 5.41) is 5.62. The van der Waals surface area contributed by atoms with Gasteiger partial charge in [-0.05, 0) is 43.0 Å². The van der Waals surface area contributed by atoms with Crippen molar-refractivity contribution in [3.8, 4) is 0 Å². The van der Waals surface area contributed by atoms with Crippen LogP contribution in [-0.4, -0.2) is 18.4 Å². The second-order valence-corrected chi connectivity index (χ2v) is 5.76. The van der Waals surface area contributed by atoms with E-state index in [1.54, 1.807) is 12.1 Å². The minimum Gasteiger partial charge on any atom is -0.343 e. The molecule has 0 aliphatic carbocycles. The molecule has 2 aromatic carbocycles. The lowest BCUT2D eigenvalue weighted by atomic mass is 10.0. The molecular formula is C20H24N2O2. The Bertz CT molecular complexity index is 716. The highest BCUT2D eigenvalue weighted by Crippen LogP contribution is 2.22.